The number of esters is 3. The Morgan fingerprint density at radius 3 is 1.88 bits per heavy atom. The number of carboxylic acids is 1. The van der Waals surface area contributed by atoms with Gasteiger partial charge in [-0.25, -0.2) is 19.2 Å². The summed E-state index contributed by atoms with van der Waals surface area (Å²) < 4.78 is 14.6. The van der Waals surface area contributed by atoms with Crippen molar-refractivity contribution in [3.63, 3.8) is 0 Å². The zero-order valence-electron chi connectivity index (χ0n) is 15.0. The van der Waals surface area contributed by atoms with Crippen molar-refractivity contribution in [3.8, 4) is 0 Å². The van der Waals surface area contributed by atoms with Crippen LogP contribution in [0.2, 0.25) is 0 Å². The summed E-state index contributed by atoms with van der Waals surface area (Å²) in [4.78, 5) is 50.2. The first-order valence-corrected chi connectivity index (χ1v) is 7.97. The minimum atomic E-state index is -1.30. The van der Waals surface area contributed by atoms with Gasteiger partial charge in [-0.2, -0.15) is 0 Å². The van der Waals surface area contributed by atoms with E-state index in [9.17, 15) is 24.3 Å². The molecule has 9 heteroatoms. The monoisotopic (exact) mass is 367 g/mol. The quantitative estimate of drug-likeness (QED) is 0.233. The first kappa shape index (κ1) is 20.9. The van der Waals surface area contributed by atoms with Crippen LogP contribution in [0.1, 0.15) is 52.9 Å². The second-order valence-corrected chi connectivity index (χ2v) is 4.94. The van der Waals surface area contributed by atoms with Crippen molar-refractivity contribution in [2.24, 2.45) is 0 Å². The number of aromatic amines is 1. The Kier molecular flexibility index (Phi) is 7.57. The van der Waals surface area contributed by atoms with Crippen LogP contribution in [-0.4, -0.2) is 53.8 Å². The van der Waals surface area contributed by atoms with Crippen LogP contribution in [0.5, 0.6) is 0 Å². The topological polar surface area (TPSA) is 132 Å². The predicted octanol–water partition coefficient (Wildman–Crippen LogP) is 1.71. The molecule has 2 N–H and O–H groups in total. The van der Waals surface area contributed by atoms with Gasteiger partial charge in [-0.1, -0.05) is 0 Å². The lowest BCUT2D eigenvalue weighted by Gasteiger charge is -2.07. The lowest BCUT2D eigenvalue weighted by molar-refractivity contribution is -0.146. The molecule has 0 spiro atoms. The van der Waals surface area contributed by atoms with Crippen molar-refractivity contribution < 1.29 is 38.5 Å². The molecule has 0 aromatic carbocycles. The van der Waals surface area contributed by atoms with Crippen LogP contribution < -0.4 is 0 Å². The number of hydrogen-bond acceptors (Lipinski definition) is 7. The third-order valence-electron chi connectivity index (χ3n) is 3.25. The predicted molar refractivity (Wildman–Crippen MR) is 89.7 cm³/mol. The molecule has 1 aromatic rings. The van der Waals surface area contributed by atoms with Gasteiger partial charge in [0, 0.05) is 0 Å². The van der Waals surface area contributed by atoms with Gasteiger partial charge in [0.15, 0.2) is 0 Å². The van der Waals surface area contributed by atoms with Crippen molar-refractivity contribution in [1.29, 1.82) is 0 Å². The number of carbonyl (C=O) groups excluding carboxylic acids is 3. The lowest BCUT2D eigenvalue weighted by Crippen LogP contribution is -2.18. The van der Waals surface area contributed by atoms with Crippen LogP contribution in [0, 0.1) is 6.92 Å². The first-order valence-electron chi connectivity index (χ1n) is 7.97. The Morgan fingerprint density at radius 2 is 1.46 bits per heavy atom. The largest absolute Gasteiger partial charge is 0.477 e. The number of carbonyl (C=O) groups is 4. The minimum absolute atomic E-state index is 0.0183. The summed E-state index contributed by atoms with van der Waals surface area (Å²) in [5, 5.41) is 9.25. The fraction of sp³-hybridized carbons (Fsp3) is 0.412. The van der Waals surface area contributed by atoms with Crippen LogP contribution >= 0.6 is 0 Å². The summed E-state index contributed by atoms with van der Waals surface area (Å²) in [6.07, 6.45) is 1.03. The van der Waals surface area contributed by atoms with Gasteiger partial charge in [0.2, 0.25) is 0 Å². The molecular formula is C17H21NO8. The molecule has 1 heterocycles. The molecule has 142 valence electrons. The Bertz CT molecular complexity index is 724. The van der Waals surface area contributed by atoms with Crippen molar-refractivity contribution >= 4 is 30.0 Å². The van der Waals surface area contributed by atoms with Crippen molar-refractivity contribution in [3.05, 3.63) is 28.1 Å². The standard InChI is InChI=1S/C17H21NO8/c1-5-24-15(21)10(16(22)25-6-2)8-11-12(17(23)26-7-3)9(4)13(18-11)14(19)20/h8,18H,5-7H2,1-4H3,(H,19,20). The molecule has 0 aliphatic heterocycles. The molecule has 0 saturated carbocycles. The summed E-state index contributed by atoms with van der Waals surface area (Å²) in [5.74, 6) is -4.00. The third-order valence-corrected chi connectivity index (χ3v) is 3.25. The van der Waals surface area contributed by atoms with Crippen molar-refractivity contribution in [2.45, 2.75) is 27.7 Å². The van der Waals surface area contributed by atoms with Crippen molar-refractivity contribution in [1.82, 2.24) is 4.98 Å². The highest BCUT2D eigenvalue weighted by Crippen LogP contribution is 2.23. The number of aromatic carboxylic acids is 1. The maximum Gasteiger partial charge on any atom is 0.352 e. The van der Waals surface area contributed by atoms with Gasteiger partial charge in [0.25, 0.3) is 0 Å². The molecule has 9 nitrogen and oxygen atoms in total. The van der Waals surface area contributed by atoms with E-state index in [1.807, 2.05) is 0 Å². The van der Waals surface area contributed by atoms with Gasteiger partial charge in [-0.3, -0.25) is 0 Å². The smallest absolute Gasteiger partial charge is 0.352 e. The maximum absolute atomic E-state index is 12.2. The molecule has 0 atom stereocenters. The van der Waals surface area contributed by atoms with Crippen LogP contribution in [0.15, 0.2) is 5.57 Å². The number of hydrogen-bond donors (Lipinski definition) is 2. The summed E-state index contributed by atoms with van der Waals surface area (Å²) in [6.45, 7) is 6.23. The molecule has 0 amide bonds. The third kappa shape index (κ3) is 4.71. The zero-order valence-corrected chi connectivity index (χ0v) is 15.0. The molecule has 0 unspecified atom stereocenters. The van der Waals surface area contributed by atoms with E-state index in [4.69, 9.17) is 14.2 Å². The number of H-pyrrole nitrogens is 1. The molecule has 0 radical (unpaired) electrons. The SMILES string of the molecule is CCOC(=O)C(=Cc1[nH]c(C(=O)O)c(C)c1C(=O)OCC)C(=O)OCC. The highest BCUT2D eigenvalue weighted by atomic mass is 16.6. The summed E-state index contributed by atoms with van der Waals surface area (Å²) in [5.41, 5.74) is -0.761. The number of carboxylic acid groups (broad SMARTS) is 1. The van der Waals surface area contributed by atoms with E-state index in [1.54, 1.807) is 20.8 Å². The molecule has 0 bridgehead atoms. The van der Waals surface area contributed by atoms with Gasteiger partial charge >= 0.3 is 23.9 Å². The van der Waals surface area contributed by atoms with Crippen LogP contribution in [0.25, 0.3) is 6.08 Å². The van der Waals surface area contributed by atoms with Gasteiger partial charge in [-0.05, 0) is 39.3 Å². The second-order valence-electron chi connectivity index (χ2n) is 4.94. The Hall–Kier alpha value is -3.10. The highest BCUT2D eigenvalue weighted by molar-refractivity contribution is 6.18. The van der Waals surface area contributed by atoms with E-state index in [1.165, 1.54) is 6.92 Å². The van der Waals surface area contributed by atoms with E-state index in [2.05, 4.69) is 4.98 Å². The average Bonchev–Trinajstić information content (AvgIpc) is 2.89. The summed E-state index contributed by atoms with van der Waals surface area (Å²) in [6, 6.07) is 0. The molecule has 0 saturated heterocycles. The Morgan fingerprint density at radius 1 is 0.962 bits per heavy atom. The molecular weight excluding hydrogens is 346 g/mol. The van der Waals surface area contributed by atoms with E-state index < -0.39 is 29.5 Å². The van der Waals surface area contributed by atoms with Gasteiger partial charge < -0.3 is 24.3 Å². The molecule has 0 aliphatic rings. The Balaban J connectivity index is 3.57. The molecule has 1 rings (SSSR count). The Labute approximate surface area is 149 Å². The molecule has 26 heavy (non-hydrogen) atoms. The average molecular weight is 367 g/mol. The van der Waals surface area contributed by atoms with E-state index >= 15 is 0 Å². The van der Waals surface area contributed by atoms with E-state index in [0.717, 1.165) is 6.08 Å². The van der Waals surface area contributed by atoms with Crippen LogP contribution in [-0.2, 0) is 23.8 Å². The lowest BCUT2D eigenvalue weighted by atomic mass is 10.1. The summed E-state index contributed by atoms with van der Waals surface area (Å²) >= 11 is 0. The summed E-state index contributed by atoms with van der Waals surface area (Å²) in [7, 11) is 0. The number of ether oxygens (including phenoxy) is 3. The van der Waals surface area contributed by atoms with Crippen LogP contribution in [0.4, 0.5) is 0 Å². The maximum atomic E-state index is 12.2. The van der Waals surface area contributed by atoms with Crippen molar-refractivity contribution in [2.75, 3.05) is 19.8 Å². The normalized spacial score (nSPS) is 10.0. The van der Waals surface area contributed by atoms with Gasteiger partial charge in [0.05, 0.1) is 31.1 Å². The second kappa shape index (κ2) is 9.40. The van der Waals surface area contributed by atoms with E-state index in [-0.39, 0.29) is 42.3 Å². The fourth-order valence-corrected chi connectivity index (χ4v) is 2.17. The number of aromatic nitrogens is 1. The van der Waals surface area contributed by atoms with Gasteiger partial charge in [-0.15, -0.1) is 0 Å². The fourth-order valence-electron chi connectivity index (χ4n) is 2.17. The highest BCUT2D eigenvalue weighted by Gasteiger charge is 2.27. The molecule has 1 aromatic heterocycles. The molecule has 0 fully saturated rings. The molecule has 0 aliphatic carbocycles. The van der Waals surface area contributed by atoms with E-state index in [0.29, 0.717) is 0 Å². The van der Waals surface area contributed by atoms with Gasteiger partial charge in [0.1, 0.15) is 11.3 Å². The minimum Gasteiger partial charge on any atom is -0.477 e. The zero-order chi connectivity index (χ0) is 19.9. The number of nitrogens with one attached hydrogen (secondary N) is 1. The van der Waals surface area contributed by atoms with Crippen LogP contribution in [0.3, 0.4) is 0 Å². The number of rotatable bonds is 8. The first-order chi connectivity index (χ1) is 12.3.